The molecule has 5 nitrogen and oxygen atoms in total. The van der Waals surface area contributed by atoms with Crippen LogP contribution in [0.1, 0.15) is 16.8 Å². The van der Waals surface area contributed by atoms with E-state index in [1.807, 2.05) is 0 Å². The third-order valence-electron chi connectivity index (χ3n) is 3.03. The van der Waals surface area contributed by atoms with E-state index in [-0.39, 0.29) is 36.0 Å². The fourth-order valence-electron chi connectivity index (χ4n) is 2.12. The molecule has 1 aliphatic rings. The number of halogens is 1. The number of para-hydroxylation sites is 1. The van der Waals surface area contributed by atoms with Crippen LogP contribution in [0.2, 0.25) is 0 Å². The number of amides is 1. The average molecular weight is 252 g/mol. The molecule has 0 saturated carbocycles. The second-order valence-corrected chi connectivity index (χ2v) is 4.25. The molecule has 18 heavy (non-hydrogen) atoms. The van der Waals surface area contributed by atoms with Crippen LogP contribution < -0.4 is 10.6 Å². The Hall–Kier alpha value is -1.95. The van der Waals surface area contributed by atoms with Gasteiger partial charge in [-0.1, -0.05) is 6.07 Å². The predicted octanol–water partition coefficient (Wildman–Crippen LogP) is 0.836. The van der Waals surface area contributed by atoms with Crippen LogP contribution in [0.15, 0.2) is 18.2 Å². The number of carbonyl (C=O) groups is 2. The van der Waals surface area contributed by atoms with Crippen LogP contribution in [-0.4, -0.2) is 30.1 Å². The van der Waals surface area contributed by atoms with Crippen molar-refractivity contribution in [2.45, 2.75) is 6.42 Å². The first kappa shape index (κ1) is 12.5. The van der Waals surface area contributed by atoms with Crippen molar-refractivity contribution in [3.63, 3.8) is 0 Å². The average Bonchev–Trinajstić information content (AvgIpc) is 2.70. The first-order chi connectivity index (χ1) is 8.54. The van der Waals surface area contributed by atoms with Gasteiger partial charge < -0.3 is 15.7 Å². The van der Waals surface area contributed by atoms with Gasteiger partial charge in [0, 0.05) is 13.0 Å². The standard InChI is InChI=1S/C12H13FN2O3/c13-9-3-1-2-8(12(17)18)11(9)15-6-7(5-14)4-10(15)16/h1-3,7H,4-6,14H2,(H,17,18). The highest BCUT2D eigenvalue weighted by Gasteiger charge is 2.33. The zero-order valence-electron chi connectivity index (χ0n) is 9.60. The highest BCUT2D eigenvalue weighted by atomic mass is 19.1. The summed E-state index contributed by atoms with van der Waals surface area (Å²) in [4.78, 5) is 24.0. The molecule has 3 N–H and O–H groups in total. The second-order valence-electron chi connectivity index (χ2n) is 4.25. The minimum atomic E-state index is -1.26. The third kappa shape index (κ3) is 2.06. The minimum Gasteiger partial charge on any atom is -0.478 e. The van der Waals surface area contributed by atoms with E-state index in [2.05, 4.69) is 0 Å². The molecule has 0 spiro atoms. The number of anilines is 1. The van der Waals surface area contributed by atoms with Gasteiger partial charge in [-0.3, -0.25) is 4.79 Å². The molecule has 6 heteroatoms. The van der Waals surface area contributed by atoms with Gasteiger partial charge >= 0.3 is 5.97 Å². The summed E-state index contributed by atoms with van der Waals surface area (Å²) < 4.78 is 13.8. The number of aromatic carboxylic acids is 1. The summed E-state index contributed by atoms with van der Waals surface area (Å²) in [5.41, 5.74) is 5.11. The van der Waals surface area contributed by atoms with Crippen molar-refractivity contribution in [3.05, 3.63) is 29.6 Å². The van der Waals surface area contributed by atoms with E-state index in [1.54, 1.807) is 0 Å². The lowest BCUT2D eigenvalue weighted by molar-refractivity contribution is -0.117. The Balaban J connectivity index is 2.45. The van der Waals surface area contributed by atoms with Gasteiger partial charge in [0.15, 0.2) is 0 Å². The van der Waals surface area contributed by atoms with Crippen LogP contribution in [0.4, 0.5) is 10.1 Å². The Labute approximate surface area is 103 Å². The molecule has 0 aliphatic carbocycles. The Bertz CT molecular complexity index is 504. The molecule has 1 fully saturated rings. The molecule has 1 aromatic rings. The van der Waals surface area contributed by atoms with Crippen LogP contribution in [0.25, 0.3) is 0 Å². The molecule has 96 valence electrons. The SMILES string of the molecule is NCC1CC(=O)N(c2c(F)cccc2C(=O)O)C1. The molecule has 1 amide bonds. The Kier molecular flexibility index (Phi) is 3.29. The van der Waals surface area contributed by atoms with Crippen molar-refractivity contribution in [3.8, 4) is 0 Å². The summed E-state index contributed by atoms with van der Waals surface area (Å²) in [6, 6.07) is 3.73. The van der Waals surface area contributed by atoms with Gasteiger partial charge in [-0.25, -0.2) is 9.18 Å². The maximum absolute atomic E-state index is 13.8. The first-order valence-electron chi connectivity index (χ1n) is 5.56. The fourth-order valence-corrected chi connectivity index (χ4v) is 2.12. The minimum absolute atomic E-state index is 0.0567. The molecular weight excluding hydrogens is 239 g/mol. The van der Waals surface area contributed by atoms with Crippen LogP contribution in [0, 0.1) is 11.7 Å². The fraction of sp³-hybridized carbons (Fsp3) is 0.333. The lowest BCUT2D eigenvalue weighted by Gasteiger charge is -2.19. The number of carbonyl (C=O) groups excluding carboxylic acids is 1. The molecule has 2 rings (SSSR count). The van der Waals surface area contributed by atoms with E-state index in [9.17, 15) is 14.0 Å². The lowest BCUT2D eigenvalue weighted by atomic mass is 10.1. The zero-order valence-corrected chi connectivity index (χ0v) is 9.60. The van der Waals surface area contributed by atoms with Crippen LogP contribution in [-0.2, 0) is 4.79 Å². The largest absolute Gasteiger partial charge is 0.478 e. The van der Waals surface area contributed by atoms with Crippen molar-refractivity contribution in [1.82, 2.24) is 0 Å². The van der Waals surface area contributed by atoms with Gasteiger partial charge in [-0.05, 0) is 24.6 Å². The number of carboxylic acid groups (broad SMARTS) is 1. The Morgan fingerprint density at radius 1 is 1.56 bits per heavy atom. The van der Waals surface area contributed by atoms with Gasteiger partial charge in [-0.15, -0.1) is 0 Å². The maximum atomic E-state index is 13.8. The van der Waals surface area contributed by atoms with Crippen molar-refractivity contribution >= 4 is 17.6 Å². The molecular formula is C12H13FN2O3. The smallest absolute Gasteiger partial charge is 0.337 e. The summed E-state index contributed by atoms with van der Waals surface area (Å²) >= 11 is 0. The first-order valence-corrected chi connectivity index (χ1v) is 5.56. The zero-order chi connectivity index (χ0) is 13.3. The lowest BCUT2D eigenvalue weighted by Crippen LogP contribution is -2.28. The number of benzene rings is 1. The van der Waals surface area contributed by atoms with Gasteiger partial charge in [0.25, 0.3) is 0 Å². The molecule has 1 atom stereocenters. The Morgan fingerprint density at radius 3 is 2.83 bits per heavy atom. The number of hydrogen-bond donors (Lipinski definition) is 2. The summed E-state index contributed by atoms with van der Waals surface area (Å²) in [6.45, 7) is 0.579. The van der Waals surface area contributed by atoms with E-state index >= 15 is 0 Å². The number of nitrogens with zero attached hydrogens (tertiary/aromatic N) is 1. The molecule has 1 heterocycles. The van der Waals surface area contributed by atoms with E-state index in [4.69, 9.17) is 10.8 Å². The normalized spacial score (nSPS) is 19.3. The topological polar surface area (TPSA) is 83.6 Å². The van der Waals surface area contributed by atoms with Crippen LogP contribution >= 0.6 is 0 Å². The molecule has 1 aliphatic heterocycles. The summed E-state index contributed by atoms with van der Waals surface area (Å²) in [7, 11) is 0. The van der Waals surface area contributed by atoms with Crippen LogP contribution in [0.3, 0.4) is 0 Å². The molecule has 0 bridgehead atoms. The highest BCUT2D eigenvalue weighted by Crippen LogP contribution is 2.30. The van der Waals surface area contributed by atoms with E-state index in [1.165, 1.54) is 17.0 Å². The van der Waals surface area contributed by atoms with E-state index < -0.39 is 11.8 Å². The van der Waals surface area contributed by atoms with Gasteiger partial charge in [0.05, 0.1) is 11.3 Å². The number of carboxylic acids is 1. The van der Waals surface area contributed by atoms with Gasteiger partial charge in [-0.2, -0.15) is 0 Å². The van der Waals surface area contributed by atoms with Crippen molar-refractivity contribution in [2.24, 2.45) is 11.7 Å². The van der Waals surface area contributed by atoms with Gasteiger partial charge in [0.1, 0.15) is 5.82 Å². The number of nitrogens with two attached hydrogens (primary N) is 1. The highest BCUT2D eigenvalue weighted by molar-refractivity contribution is 6.03. The van der Waals surface area contributed by atoms with E-state index in [0.29, 0.717) is 6.54 Å². The van der Waals surface area contributed by atoms with Gasteiger partial charge in [0.2, 0.25) is 5.91 Å². The third-order valence-corrected chi connectivity index (χ3v) is 3.03. The molecule has 1 unspecified atom stereocenters. The van der Waals surface area contributed by atoms with Crippen molar-refractivity contribution < 1.29 is 19.1 Å². The summed E-state index contributed by atoms with van der Waals surface area (Å²) in [5.74, 6) is -2.31. The number of hydrogen-bond acceptors (Lipinski definition) is 3. The number of rotatable bonds is 3. The van der Waals surface area contributed by atoms with Crippen LogP contribution in [0.5, 0.6) is 0 Å². The molecule has 1 saturated heterocycles. The quantitative estimate of drug-likeness (QED) is 0.834. The van der Waals surface area contributed by atoms with E-state index in [0.717, 1.165) is 6.07 Å². The van der Waals surface area contributed by atoms with Crippen molar-refractivity contribution in [2.75, 3.05) is 18.0 Å². The monoisotopic (exact) mass is 252 g/mol. The summed E-state index contributed by atoms with van der Waals surface area (Å²) in [6.07, 6.45) is 0.226. The predicted molar refractivity (Wildman–Crippen MR) is 62.9 cm³/mol. The summed E-state index contributed by atoms with van der Waals surface area (Å²) in [5, 5.41) is 9.03. The second kappa shape index (κ2) is 4.73. The molecule has 0 aromatic heterocycles. The van der Waals surface area contributed by atoms with Crippen molar-refractivity contribution in [1.29, 1.82) is 0 Å². The Morgan fingerprint density at radius 2 is 2.28 bits per heavy atom. The molecule has 1 aromatic carbocycles. The maximum Gasteiger partial charge on any atom is 0.337 e. The molecule has 0 radical (unpaired) electrons.